The summed E-state index contributed by atoms with van der Waals surface area (Å²) in [6.07, 6.45) is 1.78. The van der Waals surface area contributed by atoms with Crippen molar-refractivity contribution in [1.82, 2.24) is 0 Å². The summed E-state index contributed by atoms with van der Waals surface area (Å²) in [6, 6.07) is 6.74. The largest absolute Gasteiger partial charge is 0.490 e. The molecule has 1 aromatic heterocycles. The fourth-order valence-electron chi connectivity index (χ4n) is 1.62. The van der Waals surface area contributed by atoms with Gasteiger partial charge in [-0.1, -0.05) is 13.3 Å². The molecule has 5 heteroatoms. The van der Waals surface area contributed by atoms with Crippen LogP contribution in [0.2, 0.25) is 0 Å². The van der Waals surface area contributed by atoms with Crippen LogP contribution in [0, 0.1) is 14.5 Å². The highest BCUT2D eigenvalue weighted by Gasteiger charge is 2.16. The molecule has 0 bridgehead atoms. The van der Waals surface area contributed by atoms with E-state index in [4.69, 9.17) is 4.74 Å². The standard InChI is InChI=1S/C14H13F2IOS/c1-2-3-8-18-10-5-4-9(13(15)14(10)16)11-6-7-12(17)19-11/h4-7H,2-3,8H2,1H3. The Kier molecular flexibility index (Phi) is 5.15. The van der Waals surface area contributed by atoms with Gasteiger partial charge in [0.25, 0.3) is 0 Å². The number of rotatable bonds is 5. The van der Waals surface area contributed by atoms with Crippen LogP contribution in [0.4, 0.5) is 8.78 Å². The maximum atomic E-state index is 14.0. The van der Waals surface area contributed by atoms with Gasteiger partial charge in [0.05, 0.1) is 9.49 Å². The highest BCUT2D eigenvalue weighted by Crippen LogP contribution is 2.34. The van der Waals surface area contributed by atoms with E-state index in [-0.39, 0.29) is 11.3 Å². The molecule has 2 aromatic rings. The van der Waals surface area contributed by atoms with Crippen molar-refractivity contribution in [3.05, 3.63) is 38.8 Å². The van der Waals surface area contributed by atoms with E-state index in [1.54, 1.807) is 12.1 Å². The van der Waals surface area contributed by atoms with E-state index in [1.807, 2.05) is 13.0 Å². The minimum Gasteiger partial charge on any atom is -0.490 e. The Balaban J connectivity index is 2.27. The minimum absolute atomic E-state index is 0.0130. The third-order valence-electron chi connectivity index (χ3n) is 2.64. The second-order valence-corrected chi connectivity index (χ2v) is 7.02. The third-order valence-corrected chi connectivity index (χ3v) is 4.57. The molecule has 2 rings (SSSR count). The van der Waals surface area contributed by atoms with E-state index >= 15 is 0 Å². The highest BCUT2D eigenvalue weighted by molar-refractivity contribution is 14.1. The number of halogens is 3. The van der Waals surface area contributed by atoms with Gasteiger partial charge in [-0.2, -0.15) is 4.39 Å². The molecule has 0 fully saturated rings. The first kappa shape index (κ1) is 14.7. The predicted molar refractivity (Wildman–Crippen MR) is 82.8 cm³/mol. The highest BCUT2D eigenvalue weighted by atomic mass is 127. The Morgan fingerprint density at radius 2 is 1.95 bits per heavy atom. The van der Waals surface area contributed by atoms with Gasteiger partial charge in [-0.25, -0.2) is 4.39 Å². The van der Waals surface area contributed by atoms with E-state index in [0.29, 0.717) is 6.61 Å². The summed E-state index contributed by atoms with van der Waals surface area (Å²) >= 11 is 3.58. The summed E-state index contributed by atoms with van der Waals surface area (Å²) in [6.45, 7) is 2.42. The van der Waals surface area contributed by atoms with E-state index in [0.717, 1.165) is 20.6 Å². The number of hydrogen-bond acceptors (Lipinski definition) is 2. The van der Waals surface area contributed by atoms with Crippen molar-refractivity contribution in [3.8, 4) is 16.2 Å². The van der Waals surface area contributed by atoms with E-state index in [9.17, 15) is 8.78 Å². The van der Waals surface area contributed by atoms with Crippen molar-refractivity contribution in [3.63, 3.8) is 0 Å². The van der Waals surface area contributed by atoms with Crippen LogP contribution in [0.15, 0.2) is 24.3 Å². The molecule has 0 aliphatic rings. The molecule has 0 saturated heterocycles. The van der Waals surface area contributed by atoms with Crippen LogP contribution >= 0.6 is 33.9 Å². The van der Waals surface area contributed by atoms with Gasteiger partial charge >= 0.3 is 0 Å². The second-order valence-electron chi connectivity index (χ2n) is 4.04. The second kappa shape index (κ2) is 6.65. The molecule has 1 nitrogen and oxygen atoms in total. The zero-order valence-corrected chi connectivity index (χ0v) is 13.4. The third kappa shape index (κ3) is 3.45. The molecule has 0 unspecified atom stereocenters. The molecule has 0 amide bonds. The van der Waals surface area contributed by atoms with Crippen LogP contribution in [0.5, 0.6) is 5.75 Å². The molecule has 0 radical (unpaired) electrons. The smallest absolute Gasteiger partial charge is 0.201 e. The van der Waals surface area contributed by atoms with Crippen molar-refractivity contribution >= 4 is 33.9 Å². The van der Waals surface area contributed by atoms with Crippen molar-refractivity contribution in [2.24, 2.45) is 0 Å². The van der Waals surface area contributed by atoms with Crippen LogP contribution < -0.4 is 4.74 Å². The molecule has 102 valence electrons. The monoisotopic (exact) mass is 394 g/mol. The Labute approximate surface area is 128 Å². The normalized spacial score (nSPS) is 10.7. The van der Waals surface area contributed by atoms with E-state index in [2.05, 4.69) is 22.6 Å². The van der Waals surface area contributed by atoms with Crippen LogP contribution in [-0.4, -0.2) is 6.61 Å². The molecule has 0 N–H and O–H groups in total. The number of hydrogen-bond donors (Lipinski definition) is 0. The summed E-state index contributed by atoms with van der Waals surface area (Å²) in [4.78, 5) is 0.723. The molecular weight excluding hydrogens is 381 g/mol. The average Bonchev–Trinajstić information content (AvgIpc) is 2.81. The van der Waals surface area contributed by atoms with Gasteiger partial charge in [0.1, 0.15) is 0 Å². The zero-order chi connectivity index (χ0) is 13.8. The summed E-state index contributed by atoms with van der Waals surface area (Å²) < 4.78 is 34.2. The topological polar surface area (TPSA) is 9.23 Å². The quantitative estimate of drug-likeness (QED) is 0.482. The molecule has 0 spiro atoms. The Morgan fingerprint density at radius 3 is 2.58 bits per heavy atom. The maximum Gasteiger partial charge on any atom is 0.201 e. The molecular formula is C14H13F2IOS. The first-order valence-electron chi connectivity index (χ1n) is 6.00. The number of ether oxygens (including phenoxy) is 1. The number of thiophene rings is 1. The van der Waals surface area contributed by atoms with Gasteiger partial charge in [0.15, 0.2) is 11.6 Å². The molecule has 0 atom stereocenters. The van der Waals surface area contributed by atoms with Crippen molar-refractivity contribution in [2.75, 3.05) is 6.61 Å². The van der Waals surface area contributed by atoms with Crippen LogP contribution in [0.25, 0.3) is 10.4 Å². The van der Waals surface area contributed by atoms with Crippen molar-refractivity contribution in [1.29, 1.82) is 0 Å². The van der Waals surface area contributed by atoms with E-state index < -0.39 is 11.6 Å². The van der Waals surface area contributed by atoms with Crippen LogP contribution in [0.1, 0.15) is 19.8 Å². The molecule has 0 aliphatic heterocycles. The van der Waals surface area contributed by atoms with Gasteiger partial charge in [0.2, 0.25) is 5.82 Å². The fraction of sp³-hybridized carbons (Fsp3) is 0.286. The summed E-state index contributed by atoms with van der Waals surface area (Å²) in [5.74, 6) is -1.76. The number of benzene rings is 1. The van der Waals surface area contributed by atoms with Gasteiger partial charge < -0.3 is 4.74 Å². The maximum absolute atomic E-state index is 14.0. The Bertz CT molecular complexity index is 569. The zero-order valence-electron chi connectivity index (χ0n) is 10.4. The SMILES string of the molecule is CCCCOc1ccc(-c2ccc(I)s2)c(F)c1F. The summed E-state index contributed by atoms with van der Waals surface area (Å²) in [5.41, 5.74) is 0.285. The Hall–Kier alpha value is -0.690. The lowest BCUT2D eigenvalue weighted by Gasteiger charge is -2.09. The molecule has 0 aliphatic carbocycles. The minimum atomic E-state index is -0.906. The molecule has 1 heterocycles. The molecule has 0 saturated carbocycles. The van der Waals surface area contributed by atoms with Crippen molar-refractivity contribution in [2.45, 2.75) is 19.8 Å². The van der Waals surface area contributed by atoms with Gasteiger partial charge in [0, 0.05) is 10.4 Å². The lowest BCUT2D eigenvalue weighted by atomic mass is 10.1. The molecule has 1 aromatic carbocycles. The first-order valence-corrected chi connectivity index (χ1v) is 7.89. The van der Waals surface area contributed by atoms with Gasteiger partial charge in [-0.15, -0.1) is 11.3 Å². The summed E-state index contributed by atoms with van der Waals surface area (Å²) in [5, 5.41) is 0. The van der Waals surface area contributed by atoms with Gasteiger partial charge in [-0.3, -0.25) is 0 Å². The summed E-state index contributed by atoms with van der Waals surface area (Å²) in [7, 11) is 0. The van der Waals surface area contributed by atoms with Crippen LogP contribution in [-0.2, 0) is 0 Å². The lowest BCUT2D eigenvalue weighted by Crippen LogP contribution is -2.00. The first-order chi connectivity index (χ1) is 9.13. The predicted octanol–water partition coefficient (Wildman–Crippen LogP) is 5.48. The fourth-order valence-corrected chi connectivity index (χ4v) is 3.26. The van der Waals surface area contributed by atoms with Crippen LogP contribution in [0.3, 0.4) is 0 Å². The van der Waals surface area contributed by atoms with Crippen molar-refractivity contribution < 1.29 is 13.5 Å². The average molecular weight is 394 g/mol. The van der Waals surface area contributed by atoms with Gasteiger partial charge in [-0.05, 0) is 53.3 Å². The Morgan fingerprint density at radius 1 is 1.16 bits per heavy atom. The lowest BCUT2D eigenvalue weighted by molar-refractivity contribution is 0.289. The molecule has 19 heavy (non-hydrogen) atoms. The van der Waals surface area contributed by atoms with E-state index in [1.165, 1.54) is 17.4 Å². The number of unbranched alkanes of at least 4 members (excludes halogenated alkanes) is 1.